The molecule has 1 amide bonds. The van der Waals surface area contributed by atoms with Crippen molar-refractivity contribution >= 4 is 29.4 Å². The maximum atomic E-state index is 14.5. The van der Waals surface area contributed by atoms with E-state index >= 15 is 0 Å². The molecule has 5 fully saturated rings. The lowest BCUT2D eigenvalue weighted by Gasteiger charge is -2.72. The molecule has 0 radical (unpaired) electrons. The number of amides is 1. The number of fused-ring (bicyclic) bond motifs is 7. The summed E-state index contributed by atoms with van der Waals surface area (Å²) in [4.78, 5) is 39.1. The summed E-state index contributed by atoms with van der Waals surface area (Å²) < 4.78 is 6.27. The molecule has 282 valence electrons. The summed E-state index contributed by atoms with van der Waals surface area (Å²) in [7, 11) is 0. The lowest BCUT2D eigenvalue weighted by atomic mass is 9.32. The Labute approximate surface area is 312 Å². The predicted molar refractivity (Wildman–Crippen MR) is 203 cm³/mol. The van der Waals surface area contributed by atoms with Gasteiger partial charge in [-0.1, -0.05) is 84.4 Å². The third-order valence-electron chi connectivity index (χ3n) is 16.3. The zero-order chi connectivity index (χ0) is 37.4. The Bertz CT molecular complexity index is 1570. The average molecular weight is 722 g/mol. The largest absolute Gasteiger partial charge is 0.481 e. The van der Waals surface area contributed by atoms with E-state index in [-0.39, 0.29) is 57.9 Å². The van der Waals surface area contributed by atoms with E-state index in [0.29, 0.717) is 41.2 Å². The van der Waals surface area contributed by atoms with Crippen molar-refractivity contribution in [1.82, 2.24) is 5.32 Å². The first-order chi connectivity index (χ1) is 23.7. The molecule has 0 heterocycles. The van der Waals surface area contributed by atoms with Crippen LogP contribution in [0, 0.1) is 62.1 Å². The molecule has 5 aliphatic carbocycles. The first-order valence-corrected chi connectivity index (χ1v) is 20.2. The van der Waals surface area contributed by atoms with Gasteiger partial charge in [0.1, 0.15) is 6.10 Å². The van der Waals surface area contributed by atoms with Crippen LogP contribution in [-0.2, 0) is 25.7 Å². The van der Waals surface area contributed by atoms with Crippen LogP contribution in [0.3, 0.4) is 0 Å². The normalized spacial score (nSPS) is 39.8. The number of carboxylic acid groups (broad SMARTS) is 1. The highest BCUT2D eigenvalue weighted by Crippen LogP contribution is 2.77. The molecule has 0 aromatic heterocycles. The van der Waals surface area contributed by atoms with Gasteiger partial charge in [-0.2, -0.15) is 0 Å². The van der Waals surface area contributed by atoms with Gasteiger partial charge >= 0.3 is 11.9 Å². The van der Waals surface area contributed by atoms with E-state index in [1.54, 1.807) is 0 Å². The smallest absolute Gasteiger partial charge is 0.306 e. The molecule has 6 nitrogen and oxygen atoms in total. The summed E-state index contributed by atoms with van der Waals surface area (Å²) in [5.74, 6) is 1.18. The van der Waals surface area contributed by atoms with Crippen LogP contribution in [0.15, 0.2) is 36.4 Å². The van der Waals surface area contributed by atoms with E-state index in [9.17, 15) is 19.5 Å². The monoisotopic (exact) mass is 721 g/mol. The van der Waals surface area contributed by atoms with Crippen molar-refractivity contribution in [3.05, 3.63) is 47.0 Å². The number of hydrogen-bond donors (Lipinski definition) is 2. The van der Waals surface area contributed by atoms with E-state index < -0.39 is 11.4 Å². The molecular formula is C44H64ClNO5. The predicted octanol–water partition coefficient (Wildman–Crippen LogP) is 10.4. The van der Waals surface area contributed by atoms with Crippen LogP contribution in [0.5, 0.6) is 0 Å². The number of hydrogen-bond acceptors (Lipinski definition) is 4. The number of allylic oxidation sites excluding steroid dienone is 1. The summed E-state index contributed by atoms with van der Waals surface area (Å²) in [5, 5.41) is 13.4. The standard InChI is InChI=1S/C44H64ClNO5/c1-27(2)30-15-20-44(38(50)46-26-28-11-10-12-29(45)23-28)22-21-42(8)31(37(30)44)13-14-33-41(7)18-17-34(40(5,6)32(41)16-19-43(33,42)9)51-36(49)25-39(3,4)24-35(47)48/h10-12,23,30-34,37H,1,13-22,24-26H2,2-9H3,(H,46,50)(H,47,48)/t30-,31+,32-,33+,34-,37+,41-,42+,43+,44-/m0/s1. The molecule has 5 saturated carbocycles. The molecule has 6 rings (SSSR count). The zero-order valence-electron chi connectivity index (χ0n) is 32.6. The minimum Gasteiger partial charge on any atom is -0.481 e. The fourth-order valence-corrected chi connectivity index (χ4v) is 14.0. The van der Waals surface area contributed by atoms with Crippen molar-refractivity contribution in [3.8, 4) is 0 Å². The van der Waals surface area contributed by atoms with Crippen LogP contribution in [0.4, 0.5) is 0 Å². The van der Waals surface area contributed by atoms with Crippen molar-refractivity contribution in [1.29, 1.82) is 0 Å². The van der Waals surface area contributed by atoms with Gasteiger partial charge in [0.15, 0.2) is 0 Å². The van der Waals surface area contributed by atoms with E-state index in [4.69, 9.17) is 16.3 Å². The highest BCUT2D eigenvalue weighted by molar-refractivity contribution is 6.30. The summed E-state index contributed by atoms with van der Waals surface area (Å²) in [6.45, 7) is 23.3. The maximum absolute atomic E-state index is 14.5. The van der Waals surface area contributed by atoms with Gasteiger partial charge in [0.2, 0.25) is 5.91 Å². The van der Waals surface area contributed by atoms with E-state index in [1.807, 2.05) is 38.1 Å². The highest BCUT2D eigenvalue weighted by atomic mass is 35.5. The Kier molecular flexibility index (Phi) is 9.94. The SMILES string of the molecule is C=C(C)[C@@H]1CC[C@]2(C(=O)NCc3cccc(Cl)c3)CC[C@]3(C)[C@H](CC[C@@H]4[C@@]5(C)CC[C@H](OC(=O)CC(C)(C)CC(=O)O)C(C)(C)[C@@H]5CC[C@]43C)[C@@H]12. The number of halogens is 1. The third-order valence-corrected chi connectivity index (χ3v) is 16.6. The quantitative estimate of drug-likeness (QED) is 0.196. The van der Waals surface area contributed by atoms with Gasteiger partial charge < -0.3 is 15.2 Å². The molecule has 51 heavy (non-hydrogen) atoms. The number of carbonyl (C=O) groups is 3. The Balaban J connectivity index is 1.24. The topological polar surface area (TPSA) is 92.7 Å². The minimum absolute atomic E-state index is 0.0559. The number of aliphatic carboxylic acids is 1. The van der Waals surface area contributed by atoms with Gasteiger partial charge in [-0.25, -0.2) is 0 Å². The van der Waals surface area contributed by atoms with Gasteiger partial charge in [0.05, 0.1) is 18.3 Å². The Morgan fingerprint density at radius 2 is 1.65 bits per heavy atom. The fourth-order valence-electron chi connectivity index (χ4n) is 13.8. The molecular weight excluding hydrogens is 658 g/mol. The second kappa shape index (κ2) is 13.2. The van der Waals surface area contributed by atoms with Crippen molar-refractivity contribution in [2.75, 3.05) is 0 Å². The third kappa shape index (κ3) is 6.29. The maximum Gasteiger partial charge on any atom is 0.306 e. The van der Waals surface area contributed by atoms with E-state index in [1.165, 1.54) is 12.0 Å². The highest BCUT2D eigenvalue weighted by Gasteiger charge is 2.72. The molecule has 10 atom stereocenters. The lowest BCUT2D eigenvalue weighted by Crippen LogP contribution is -2.67. The first-order valence-electron chi connectivity index (χ1n) is 19.8. The molecule has 0 spiro atoms. The second-order valence-electron chi connectivity index (χ2n) is 19.9. The summed E-state index contributed by atoms with van der Waals surface area (Å²) in [6, 6.07) is 7.80. The molecule has 0 aliphatic heterocycles. The number of nitrogens with one attached hydrogen (secondary N) is 1. The molecule has 7 heteroatoms. The van der Waals surface area contributed by atoms with Crippen LogP contribution in [0.1, 0.15) is 138 Å². The Morgan fingerprint density at radius 1 is 0.922 bits per heavy atom. The lowest BCUT2D eigenvalue weighted by molar-refractivity contribution is -0.249. The molecule has 0 unspecified atom stereocenters. The minimum atomic E-state index is -0.890. The number of ether oxygens (including phenoxy) is 1. The van der Waals surface area contributed by atoms with E-state index in [2.05, 4.69) is 53.4 Å². The van der Waals surface area contributed by atoms with Gasteiger partial charge in [0, 0.05) is 17.0 Å². The molecule has 2 N–H and O–H groups in total. The molecule has 0 saturated heterocycles. The van der Waals surface area contributed by atoms with Gasteiger partial charge in [-0.05, 0) is 140 Å². The van der Waals surface area contributed by atoms with Gasteiger partial charge in [0.25, 0.3) is 0 Å². The van der Waals surface area contributed by atoms with Crippen LogP contribution < -0.4 is 5.32 Å². The molecule has 0 bridgehead atoms. The summed E-state index contributed by atoms with van der Waals surface area (Å²) in [5.41, 5.74) is 1.47. The van der Waals surface area contributed by atoms with Crippen LogP contribution in [-0.4, -0.2) is 29.1 Å². The number of carboxylic acids is 1. The second-order valence-corrected chi connectivity index (χ2v) is 20.3. The average Bonchev–Trinajstić information content (AvgIpc) is 3.42. The zero-order valence-corrected chi connectivity index (χ0v) is 33.4. The van der Waals surface area contributed by atoms with Crippen molar-refractivity contribution in [3.63, 3.8) is 0 Å². The number of rotatable bonds is 9. The summed E-state index contributed by atoms with van der Waals surface area (Å²) in [6.07, 6.45) is 10.3. The molecule has 5 aliphatic rings. The summed E-state index contributed by atoms with van der Waals surface area (Å²) >= 11 is 6.28. The van der Waals surface area contributed by atoms with Crippen LogP contribution in [0.2, 0.25) is 5.02 Å². The van der Waals surface area contributed by atoms with Crippen LogP contribution in [0.25, 0.3) is 0 Å². The van der Waals surface area contributed by atoms with Crippen molar-refractivity contribution in [2.45, 2.75) is 145 Å². The number of carbonyl (C=O) groups excluding carboxylic acids is 2. The van der Waals surface area contributed by atoms with Crippen molar-refractivity contribution < 1.29 is 24.2 Å². The fraction of sp³-hybridized carbons (Fsp3) is 0.750. The Hall–Kier alpha value is -2.34. The first kappa shape index (κ1) is 38.4. The van der Waals surface area contributed by atoms with Crippen LogP contribution >= 0.6 is 11.6 Å². The van der Waals surface area contributed by atoms with Gasteiger partial charge in [-0.3, -0.25) is 14.4 Å². The number of benzene rings is 1. The number of esters is 1. The van der Waals surface area contributed by atoms with Gasteiger partial charge in [-0.15, -0.1) is 0 Å². The molecule has 1 aromatic rings. The molecule has 1 aromatic carbocycles. The van der Waals surface area contributed by atoms with Crippen molar-refractivity contribution in [2.24, 2.45) is 62.1 Å². The Morgan fingerprint density at radius 3 is 2.31 bits per heavy atom. The van der Waals surface area contributed by atoms with E-state index in [0.717, 1.165) is 63.4 Å².